The van der Waals surface area contributed by atoms with Crippen molar-refractivity contribution in [3.63, 3.8) is 0 Å². The van der Waals surface area contributed by atoms with Crippen molar-refractivity contribution < 1.29 is 10.0 Å². The van der Waals surface area contributed by atoms with Gasteiger partial charge in [-0.3, -0.25) is 10.0 Å². The molecule has 2 aliphatic rings. The monoisotopic (exact) mass is 398 g/mol. The Morgan fingerprint density at radius 2 is 1.90 bits per heavy atom. The number of aromatic nitrogens is 2. The lowest BCUT2D eigenvalue weighted by molar-refractivity contribution is 0.0105. The molecule has 30 heavy (non-hydrogen) atoms. The van der Waals surface area contributed by atoms with Crippen molar-refractivity contribution >= 4 is 28.3 Å². The molecule has 3 heterocycles. The van der Waals surface area contributed by atoms with Crippen LogP contribution in [0.3, 0.4) is 0 Å². The summed E-state index contributed by atoms with van der Waals surface area (Å²) in [6, 6.07) is 13.3. The molecule has 0 saturated heterocycles. The van der Waals surface area contributed by atoms with Gasteiger partial charge in [-0.25, -0.2) is 10.0 Å². The topological polar surface area (TPSA) is 106 Å². The van der Waals surface area contributed by atoms with E-state index in [1.807, 2.05) is 49.4 Å². The Bertz CT molecular complexity index is 1250. The highest BCUT2D eigenvalue weighted by atomic mass is 16.5. The first kappa shape index (κ1) is 18.0. The molecule has 8 nitrogen and oxygen atoms in total. The molecule has 3 aromatic rings. The number of carbonyl (C=O) groups excluding carboxylic acids is 1. The van der Waals surface area contributed by atoms with E-state index in [-0.39, 0.29) is 17.8 Å². The summed E-state index contributed by atoms with van der Waals surface area (Å²) in [6.45, 7) is 1.93. The number of hydroxylamine groups is 2. The SMILES string of the molecule is CC(NC(=O)c1nc2cc3c(cc2[nH]1)C(=C1C=CN(O)C=C1)N=N3)c1ccccc1. The Labute approximate surface area is 171 Å². The van der Waals surface area contributed by atoms with Gasteiger partial charge in [-0.05, 0) is 36.8 Å². The van der Waals surface area contributed by atoms with Crippen LogP contribution in [-0.2, 0) is 0 Å². The highest BCUT2D eigenvalue weighted by molar-refractivity contribution is 5.97. The molecule has 148 valence electrons. The number of amides is 1. The number of nitrogens with zero attached hydrogens (tertiary/aromatic N) is 4. The molecular formula is C22H18N6O2. The second-order valence-corrected chi connectivity index (χ2v) is 7.09. The fourth-order valence-electron chi connectivity index (χ4n) is 3.46. The van der Waals surface area contributed by atoms with Gasteiger partial charge in [0.25, 0.3) is 5.91 Å². The lowest BCUT2D eigenvalue weighted by Gasteiger charge is -2.12. The molecule has 0 bridgehead atoms. The van der Waals surface area contributed by atoms with Gasteiger partial charge >= 0.3 is 0 Å². The molecule has 0 spiro atoms. The first-order chi connectivity index (χ1) is 14.6. The zero-order valence-electron chi connectivity index (χ0n) is 16.1. The first-order valence-corrected chi connectivity index (χ1v) is 9.48. The van der Waals surface area contributed by atoms with Crippen LogP contribution in [-0.4, -0.2) is 26.1 Å². The van der Waals surface area contributed by atoms with E-state index in [0.717, 1.165) is 27.3 Å². The molecule has 0 aliphatic carbocycles. The maximum absolute atomic E-state index is 12.7. The van der Waals surface area contributed by atoms with Gasteiger partial charge in [0.2, 0.25) is 0 Å². The summed E-state index contributed by atoms with van der Waals surface area (Å²) >= 11 is 0. The highest BCUT2D eigenvalue weighted by Gasteiger charge is 2.21. The molecule has 1 unspecified atom stereocenters. The molecule has 0 fully saturated rings. The second kappa shape index (κ2) is 7.09. The number of imidazole rings is 1. The molecule has 0 saturated carbocycles. The minimum absolute atomic E-state index is 0.141. The minimum atomic E-state index is -0.274. The van der Waals surface area contributed by atoms with Crippen LogP contribution in [0.15, 0.2) is 82.8 Å². The Hall–Kier alpha value is -4.04. The number of fused-ring (bicyclic) bond motifs is 2. The lowest BCUT2D eigenvalue weighted by Crippen LogP contribution is -2.27. The molecule has 0 radical (unpaired) electrons. The van der Waals surface area contributed by atoms with Gasteiger partial charge < -0.3 is 10.3 Å². The van der Waals surface area contributed by atoms with E-state index in [9.17, 15) is 10.0 Å². The van der Waals surface area contributed by atoms with E-state index in [2.05, 4.69) is 25.5 Å². The summed E-state index contributed by atoms with van der Waals surface area (Å²) < 4.78 is 0. The van der Waals surface area contributed by atoms with Crippen LogP contribution >= 0.6 is 0 Å². The Morgan fingerprint density at radius 3 is 2.67 bits per heavy atom. The smallest absolute Gasteiger partial charge is 0.287 e. The van der Waals surface area contributed by atoms with Crippen LogP contribution in [0.4, 0.5) is 5.69 Å². The van der Waals surface area contributed by atoms with Crippen molar-refractivity contribution in [2.24, 2.45) is 10.2 Å². The Kier molecular flexibility index (Phi) is 4.26. The molecule has 8 heteroatoms. The average Bonchev–Trinajstić information content (AvgIpc) is 3.37. The molecule has 2 aromatic carbocycles. The number of allylic oxidation sites excluding steroid dienone is 3. The number of H-pyrrole nitrogens is 1. The summed E-state index contributed by atoms with van der Waals surface area (Å²) in [6.07, 6.45) is 6.57. The number of nitrogens with one attached hydrogen (secondary N) is 2. The van der Waals surface area contributed by atoms with Gasteiger partial charge in [0.1, 0.15) is 5.70 Å². The maximum atomic E-state index is 12.7. The van der Waals surface area contributed by atoms with Gasteiger partial charge in [0, 0.05) is 23.5 Å². The zero-order chi connectivity index (χ0) is 20.7. The summed E-state index contributed by atoms with van der Waals surface area (Å²) in [5, 5.41) is 21.9. The Balaban J connectivity index is 1.44. The van der Waals surface area contributed by atoms with Gasteiger partial charge in [0.05, 0.1) is 22.8 Å². The van der Waals surface area contributed by atoms with Crippen molar-refractivity contribution in [3.05, 3.63) is 89.5 Å². The maximum Gasteiger partial charge on any atom is 0.287 e. The van der Waals surface area contributed by atoms with E-state index < -0.39 is 0 Å². The van der Waals surface area contributed by atoms with E-state index in [1.54, 1.807) is 12.2 Å². The number of azo groups is 1. The molecule has 1 atom stereocenters. The van der Waals surface area contributed by atoms with Crippen LogP contribution in [0.5, 0.6) is 0 Å². The first-order valence-electron chi connectivity index (χ1n) is 9.48. The van der Waals surface area contributed by atoms with Crippen molar-refractivity contribution in [2.75, 3.05) is 0 Å². The molecule has 1 aromatic heterocycles. The number of rotatable bonds is 3. The van der Waals surface area contributed by atoms with Crippen molar-refractivity contribution in [3.8, 4) is 0 Å². The number of hydrogen-bond acceptors (Lipinski definition) is 6. The molecular weight excluding hydrogens is 380 g/mol. The van der Waals surface area contributed by atoms with Crippen molar-refractivity contribution in [1.29, 1.82) is 0 Å². The number of benzene rings is 2. The summed E-state index contributed by atoms with van der Waals surface area (Å²) in [4.78, 5) is 20.2. The van der Waals surface area contributed by atoms with Gasteiger partial charge in [0.15, 0.2) is 5.82 Å². The summed E-state index contributed by atoms with van der Waals surface area (Å²) in [5.41, 5.74) is 5.45. The van der Waals surface area contributed by atoms with Crippen LogP contribution in [0, 0.1) is 0 Å². The number of carbonyl (C=O) groups is 1. The van der Waals surface area contributed by atoms with Gasteiger partial charge in [-0.1, -0.05) is 30.3 Å². The third kappa shape index (κ3) is 3.19. The average molecular weight is 398 g/mol. The molecule has 2 aliphatic heterocycles. The normalized spacial score (nSPS) is 15.7. The van der Waals surface area contributed by atoms with Crippen LogP contribution in [0.2, 0.25) is 0 Å². The van der Waals surface area contributed by atoms with Gasteiger partial charge in [-0.15, -0.1) is 10.2 Å². The lowest BCUT2D eigenvalue weighted by atomic mass is 10.0. The predicted molar refractivity (Wildman–Crippen MR) is 112 cm³/mol. The molecule has 1 amide bonds. The van der Waals surface area contributed by atoms with Crippen LogP contribution in [0.1, 0.15) is 34.7 Å². The third-order valence-corrected chi connectivity index (χ3v) is 5.06. The standard InChI is InChI=1S/C22H18N6O2/c1-13(14-5-3-2-4-6-14)23-22(29)21-24-18-11-16-17(12-19(18)25-21)26-27-20(16)15-7-9-28(30)10-8-15/h2-13,30H,1H3,(H,23,29)(H,24,25). The number of hydrogen-bond donors (Lipinski definition) is 3. The van der Waals surface area contributed by atoms with Crippen molar-refractivity contribution in [2.45, 2.75) is 13.0 Å². The van der Waals surface area contributed by atoms with E-state index >= 15 is 0 Å². The van der Waals surface area contributed by atoms with Crippen LogP contribution < -0.4 is 5.32 Å². The Morgan fingerprint density at radius 1 is 1.13 bits per heavy atom. The second-order valence-electron chi connectivity index (χ2n) is 7.09. The fraction of sp³-hybridized carbons (Fsp3) is 0.0909. The number of aromatic amines is 1. The third-order valence-electron chi connectivity index (χ3n) is 5.06. The van der Waals surface area contributed by atoms with E-state index in [4.69, 9.17) is 0 Å². The van der Waals surface area contributed by atoms with Crippen molar-refractivity contribution in [1.82, 2.24) is 20.3 Å². The van der Waals surface area contributed by atoms with E-state index in [0.29, 0.717) is 16.9 Å². The quantitative estimate of drug-likeness (QED) is 0.600. The predicted octanol–water partition coefficient (Wildman–Crippen LogP) is 4.59. The molecule has 5 rings (SSSR count). The van der Waals surface area contributed by atoms with Gasteiger partial charge in [-0.2, -0.15) is 0 Å². The summed E-state index contributed by atoms with van der Waals surface area (Å²) in [5.74, 6) is -0.0277. The van der Waals surface area contributed by atoms with Crippen LogP contribution in [0.25, 0.3) is 16.7 Å². The largest absolute Gasteiger partial charge is 0.343 e. The van der Waals surface area contributed by atoms with E-state index in [1.165, 1.54) is 12.4 Å². The fourth-order valence-corrected chi connectivity index (χ4v) is 3.46. The molecule has 3 N–H and O–H groups in total. The zero-order valence-corrected chi connectivity index (χ0v) is 16.1. The summed E-state index contributed by atoms with van der Waals surface area (Å²) in [7, 11) is 0. The highest BCUT2D eigenvalue weighted by Crippen LogP contribution is 2.40. The minimum Gasteiger partial charge on any atom is -0.343 e.